The Morgan fingerprint density at radius 2 is 2.00 bits per heavy atom. The van der Waals surface area contributed by atoms with Crippen molar-refractivity contribution in [2.75, 3.05) is 26.3 Å². The molecule has 5 N–H and O–H groups in total. The van der Waals surface area contributed by atoms with Crippen LogP contribution in [0.5, 0.6) is 0 Å². The number of hydrogen-bond acceptors (Lipinski definition) is 3. The molecule has 1 aliphatic heterocycles. The number of amides is 1. The van der Waals surface area contributed by atoms with Gasteiger partial charge >= 0.3 is 0 Å². The highest BCUT2D eigenvalue weighted by atomic mass is 127. The van der Waals surface area contributed by atoms with E-state index < -0.39 is 5.41 Å². The number of aliphatic imine (C=N–C) groups is 1. The van der Waals surface area contributed by atoms with Crippen LogP contribution in [0.15, 0.2) is 4.99 Å². The fraction of sp³-hybridized carbons (Fsp3) is 0.833. The largest absolute Gasteiger partial charge is 0.381 e. The van der Waals surface area contributed by atoms with Crippen LogP contribution in [-0.2, 0) is 9.53 Å². The number of hydrogen-bond donors (Lipinski definition) is 3. The second kappa shape index (κ2) is 9.35. The molecule has 1 aliphatic rings. The Kier molecular flexibility index (Phi) is 9.07. The zero-order valence-corrected chi connectivity index (χ0v) is 13.8. The Morgan fingerprint density at radius 3 is 2.53 bits per heavy atom. The van der Waals surface area contributed by atoms with E-state index in [9.17, 15) is 4.79 Å². The normalized spacial score (nSPS) is 18.5. The van der Waals surface area contributed by atoms with Gasteiger partial charge in [-0.15, -0.1) is 24.0 Å². The SMILES string of the molecule is CCCCNC(N)=NCC1(C(N)=O)CCOCC1.I. The first kappa shape index (κ1) is 18.4. The van der Waals surface area contributed by atoms with E-state index in [1.54, 1.807) is 0 Å². The summed E-state index contributed by atoms with van der Waals surface area (Å²) in [6, 6.07) is 0. The minimum Gasteiger partial charge on any atom is -0.381 e. The van der Waals surface area contributed by atoms with Gasteiger partial charge in [0, 0.05) is 19.8 Å². The third-order valence-electron chi connectivity index (χ3n) is 3.36. The molecule has 1 saturated heterocycles. The van der Waals surface area contributed by atoms with Crippen LogP contribution < -0.4 is 16.8 Å². The Hall–Kier alpha value is -0.570. The molecule has 0 bridgehead atoms. The lowest BCUT2D eigenvalue weighted by atomic mass is 9.79. The molecule has 0 aromatic heterocycles. The quantitative estimate of drug-likeness (QED) is 0.270. The van der Waals surface area contributed by atoms with Crippen LogP contribution >= 0.6 is 24.0 Å². The van der Waals surface area contributed by atoms with Crippen LogP contribution in [0.25, 0.3) is 0 Å². The fourth-order valence-corrected chi connectivity index (χ4v) is 1.93. The smallest absolute Gasteiger partial charge is 0.225 e. The molecule has 0 saturated carbocycles. The van der Waals surface area contributed by atoms with E-state index >= 15 is 0 Å². The summed E-state index contributed by atoms with van der Waals surface area (Å²) < 4.78 is 5.26. The zero-order chi connectivity index (χ0) is 13.4. The van der Waals surface area contributed by atoms with E-state index in [1.165, 1.54) is 0 Å². The predicted octanol–water partition coefficient (Wildman–Crippen LogP) is 0.591. The number of guanidine groups is 1. The minimum absolute atomic E-state index is 0. The Bertz CT molecular complexity index is 304. The Morgan fingerprint density at radius 1 is 1.37 bits per heavy atom. The molecule has 1 heterocycles. The van der Waals surface area contributed by atoms with Crippen molar-refractivity contribution in [2.24, 2.45) is 21.9 Å². The zero-order valence-electron chi connectivity index (χ0n) is 11.5. The van der Waals surface area contributed by atoms with Gasteiger partial charge in [0.05, 0.1) is 12.0 Å². The molecular formula is C12H25IN4O2. The predicted molar refractivity (Wildman–Crippen MR) is 86.5 cm³/mol. The Labute approximate surface area is 131 Å². The lowest BCUT2D eigenvalue weighted by molar-refractivity contribution is -0.132. The summed E-state index contributed by atoms with van der Waals surface area (Å²) in [7, 11) is 0. The monoisotopic (exact) mass is 384 g/mol. The summed E-state index contributed by atoms with van der Waals surface area (Å²) in [5, 5.41) is 3.02. The molecule has 0 spiro atoms. The molecular weight excluding hydrogens is 359 g/mol. The highest BCUT2D eigenvalue weighted by Crippen LogP contribution is 2.30. The second-order valence-corrected chi connectivity index (χ2v) is 4.74. The van der Waals surface area contributed by atoms with Crippen molar-refractivity contribution in [1.29, 1.82) is 0 Å². The summed E-state index contributed by atoms with van der Waals surface area (Å²) in [5.74, 6) is 0.0754. The molecule has 0 radical (unpaired) electrons. The molecule has 1 amide bonds. The summed E-state index contributed by atoms with van der Waals surface area (Å²) in [4.78, 5) is 15.8. The van der Waals surface area contributed by atoms with Crippen molar-refractivity contribution in [3.05, 3.63) is 0 Å². The van der Waals surface area contributed by atoms with Crippen molar-refractivity contribution < 1.29 is 9.53 Å². The standard InChI is InChI=1S/C12H24N4O2.HI/c1-2-3-6-15-11(14)16-9-12(10(13)17)4-7-18-8-5-12;/h2-9H2,1H3,(H2,13,17)(H3,14,15,16);1H. The molecule has 0 aliphatic carbocycles. The van der Waals surface area contributed by atoms with Crippen molar-refractivity contribution >= 4 is 35.8 Å². The number of nitrogens with one attached hydrogen (secondary N) is 1. The third-order valence-corrected chi connectivity index (χ3v) is 3.36. The van der Waals surface area contributed by atoms with Crippen LogP contribution in [0.3, 0.4) is 0 Å². The summed E-state index contributed by atoms with van der Waals surface area (Å²) in [6.45, 7) is 4.37. The number of ether oxygens (including phenoxy) is 1. The van der Waals surface area contributed by atoms with Gasteiger partial charge in [-0.2, -0.15) is 0 Å². The second-order valence-electron chi connectivity index (χ2n) is 4.74. The van der Waals surface area contributed by atoms with Gasteiger partial charge in [0.15, 0.2) is 5.96 Å². The van der Waals surface area contributed by atoms with Crippen LogP contribution in [0.2, 0.25) is 0 Å². The van der Waals surface area contributed by atoms with E-state index in [4.69, 9.17) is 16.2 Å². The van der Waals surface area contributed by atoms with Crippen LogP contribution in [0.4, 0.5) is 0 Å². The number of rotatable bonds is 6. The number of primary amides is 1. The van der Waals surface area contributed by atoms with Gasteiger partial charge in [-0.3, -0.25) is 9.79 Å². The average molecular weight is 384 g/mol. The van der Waals surface area contributed by atoms with E-state index in [0.717, 1.165) is 19.4 Å². The number of carbonyl (C=O) groups excluding carboxylic acids is 1. The topological polar surface area (TPSA) is 103 Å². The average Bonchev–Trinajstić information content (AvgIpc) is 2.37. The molecule has 7 heteroatoms. The van der Waals surface area contributed by atoms with Crippen molar-refractivity contribution in [2.45, 2.75) is 32.6 Å². The van der Waals surface area contributed by atoms with Crippen molar-refractivity contribution in [3.8, 4) is 0 Å². The van der Waals surface area contributed by atoms with Crippen LogP contribution in [0.1, 0.15) is 32.6 Å². The molecule has 1 fully saturated rings. The van der Waals surface area contributed by atoms with Gasteiger partial charge in [0.1, 0.15) is 0 Å². The summed E-state index contributed by atoms with van der Waals surface area (Å²) >= 11 is 0. The first-order valence-corrected chi connectivity index (χ1v) is 6.52. The van der Waals surface area contributed by atoms with Crippen molar-refractivity contribution in [3.63, 3.8) is 0 Å². The first-order valence-electron chi connectivity index (χ1n) is 6.52. The molecule has 0 aromatic rings. The fourth-order valence-electron chi connectivity index (χ4n) is 1.93. The highest BCUT2D eigenvalue weighted by molar-refractivity contribution is 14.0. The minimum atomic E-state index is -0.588. The molecule has 0 unspecified atom stereocenters. The third kappa shape index (κ3) is 5.94. The van der Waals surface area contributed by atoms with Gasteiger partial charge in [-0.1, -0.05) is 13.3 Å². The van der Waals surface area contributed by atoms with Gasteiger partial charge in [0.2, 0.25) is 5.91 Å². The van der Waals surface area contributed by atoms with Gasteiger partial charge in [-0.05, 0) is 19.3 Å². The van der Waals surface area contributed by atoms with E-state index in [2.05, 4.69) is 17.2 Å². The lowest BCUT2D eigenvalue weighted by Crippen LogP contribution is -2.45. The van der Waals surface area contributed by atoms with E-state index in [0.29, 0.717) is 38.6 Å². The van der Waals surface area contributed by atoms with Gasteiger partial charge < -0.3 is 21.5 Å². The van der Waals surface area contributed by atoms with E-state index in [1.807, 2.05) is 0 Å². The van der Waals surface area contributed by atoms with Crippen molar-refractivity contribution in [1.82, 2.24) is 5.32 Å². The number of halogens is 1. The molecule has 6 nitrogen and oxygen atoms in total. The maximum Gasteiger partial charge on any atom is 0.225 e. The van der Waals surface area contributed by atoms with E-state index in [-0.39, 0.29) is 29.9 Å². The van der Waals surface area contributed by atoms with Gasteiger partial charge in [0.25, 0.3) is 0 Å². The number of carbonyl (C=O) groups is 1. The maximum absolute atomic E-state index is 11.6. The maximum atomic E-state index is 11.6. The molecule has 112 valence electrons. The number of nitrogens with two attached hydrogens (primary N) is 2. The van der Waals surface area contributed by atoms with Crippen LogP contribution in [-0.4, -0.2) is 38.2 Å². The lowest BCUT2D eigenvalue weighted by Gasteiger charge is -2.32. The molecule has 0 aromatic carbocycles. The Balaban J connectivity index is 0.00000324. The molecule has 0 atom stereocenters. The summed E-state index contributed by atoms with van der Waals surface area (Å²) in [5.41, 5.74) is 10.6. The number of unbranched alkanes of at least 4 members (excludes halogenated alkanes) is 1. The van der Waals surface area contributed by atoms with Gasteiger partial charge in [-0.25, -0.2) is 0 Å². The first-order chi connectivity index (χ1) is 8.60. The highest BCUT2D eigenvalue weighted by Gasteiger charge is 2.38. The van der Waals surface area contributed by atoms with Crippen LogP contribution in [0, 0.1) is 5.41 Å². The molecule has 1 rings (SSSR count). The summed E-state index contributed by atoms with van der Waals surface area (Å²) in [6.07, 6.45) is 3.38. The molecule has 19 heavy (non-hydrogen) atoms. The number of nitrogens with zero attached hydrogens (tertiary/aromatic N) is 1.